The molecule has 1 saturated carbocycles. The largest absolute Gasteiger partial charge is 0.329 e. The number of rotatable bonds is 6. The normalized spacial score (nSPS) is 25.7. The smallest absolute Gasteiger partial charge is 0.255 e. The molecular weight excluding hydrogens is 420 g/mol. The summed E-state index contributed by atoms with van der Waals surface area (Å²) in [6.07, 6.45) is 7.36. The Labute approximate surface area is 193 Å². The monoisotopic (exact) mass is 450 g/mol. The van der Waals surface area contributed by atoms with Gasteiger partial charge in [-0.3, -0.25) is 9.59 Å². The number of fused-ring (bicyclic) bond motifs is 1. The topological polar surface area (TPSA) is 74.3 Å². The molecule has 3 heterocycles. The van der Waals surface area contributed by atoms with Crippen LogP contribution >= 0.6 is 11.3 Å². The Balaban J connectivity index is 1.26. The number of hydrogen-bond donors (Lipinski definition) is 2. The van der Waals surface area contributed by atoms with Crippen molar-refractivity contribution in [3.8, 4) is 0 Å². The molecule has 1 saturated heterocycles. The minimum Gasteiger partial charge on any atom is -0.329 e. The summed E-state index contributed by atoms with van der Waals surface area (Å²) < 4.78 is 0. The number of benzene rings is 1. The Morgan fingerprint density at radius 1 is 1.22 bits per heavy atom. The molecule has 2 fully saturated rings. The Bertz CT molecular complexity index is 1020. The van der Waals surface area contributed by atoms with E-state index in [4.69, 9.17) is 0 Å². The highest BCUT2D eigenvalue weighted by Gasteiger charge is 2.38. The molecule has 1 aliphatic carbocycles. The van der Waals surface area contributed by atoms with Gasteiger partial charge in [0.05, 0.1) is 11.2 Å². The SMILES string of the molecule is C=C1CCC(N2Cc3cc(C[C@H]4CCCC[C@@H]4NCc4cscn4)ccc3C2=O)C(=O)N1. The summed E-state index contributed by atoms with van der Waals surface area (Å²) in [6, 6.07) is 6.36. The van der Waals surface area contributed by atoms with E-state index in [9.17, 15) is 9.59 Å². The fourth-order valence-corrected chi connectivity index (χ4v) is 5.98. The lowest BCUT2D eigenvalue weighted by atomic mass is 9.80. The zero-order chi connectivity index (χ0) is 22.1. The summed E-state index contributed by atoms with van der Waals surface area (Å²) >= 11 is 1.64. The Hall–Kier alpha value is -2.51. The van der Waals surface area contributed by atoms with Crippen molar-refractivity contribution >= 4 is 23.2 Å². The highest BCUT2D eigenvalue weighted by molar-refractivity contribution is 7.07. The van der Waals surface area contributed by atoms with Gasteiger partial charge in [0.15, 0.2) is 0 Å². The van der Waals surface area contributed by atoms with Crippen molar-refractivity contribution in [2.24, 2.45) is 5.92 Å². The number of carbonyl (C=O) groups is 2. The third kappa shape index (κ3) is 4.36. The van der Waals surface area contributed by atoms with E-state index in [1.165, 1.54) is 31.2 Å². The van der Waals surface area contributed by atoms with Crippen LogP contribution in [0.15, 0.2) is 41.4 Å². The van der Waals surface area contributed by atoms with Crippen LogP contribution in [-0.2, 0) is 24.3 Å². The summed E-state index contributed by atoms with van der Waals surface area (Å²) in [7, 11) is 0. The molecule has 2 aliphatic heterocycles. The molecule has 0 spiro atoms. The second-order valence-corrected chi connectivity index (χ2v) is 10.0. The molecule has 2 amide bonds. The van der Waals surface area contributed by atoms with Crippen LogP contribution in [0.1, 0.15) is 65.7 Å². The third-order valence-electron chi connectivity index (χ3n) is 7.14. The molecule has 32 heavy (non-hydrogen) atoms. The first-order chi connectivity index (χ1) is 15.6. The minimum absolute atomic E-state index is 0.0281. The number of thiazole rings is 1. The van der Waals surface area contributed by atoms with Gasteiger partial charge in [-0.25, -0.2) is 4.98 Å². The van der Waals surface area contributed by atoms with Crippen LogP contribution in [0, 0.1) is 5.92 Å². The summed E-state index contributed by atoms with van der Waals surface area (Å²) in [5, 5.41) is 8.66. The van der Waals surface area contributed by atoms with Crippen molar-refractivity contribution < 1.29 is 9.59 Å². The van der Waals surface area contributed by atoms with Crippen molar-refractivity contribution in [3.05, 3.63) is 63.7 Å². The molecule has 6 nitrogen and oxygen atoms in total. The first-order valence-electron chi connectivity index (χ1n) is 11.6. The highest BCUT2D eigenvalue weighted by atomic mass is 32.1. The average Bonchev–Trinajstić information content (AvgIpc) is 3.41. The van der Waals surface area contributed by atoms with Crippen LogP contribution in [0.5, 0.6) is 0 Å². The standard InChI is InChI=1S/C25H30N4O2S/c1-16-6-9-23(24(30)28-16)29-13-19-11-17(7-8-21(19)25(29)31)10-18-4-2-3-5-22(18)26-12-20-14-32-15-27-20/h7-8,11,14-15,18,22-23,26H,1-6,9-10,12-13H2,(H,28,30)/t18-,22+,23?/m1/s1. The second-order valence-electron chi connectivity index (χ2n) is 9.29. The molecule has 3 aliphatic rings. The van der Waals surface area contributed by atoms with E-state index in [1.54, 1.807) is 16.2 Å². The Morgan fingerprint density at radius 2 is 2.09 bits per heavy atom. The van der Waals surface area contributed by atoms with Crippen molar-refractivity contribution in [3.63, 3.8) is 0 Å². The van der Waals surface area contributed by atoms with E-state index >= 15 is 0 Å². The predicted octanol–water partition coefficient (Wildman–Crippen LogP) is 3.78. The first kappa shape index (κ1) is 21.3. The van der Waals surface area contributed by atoms with Crippen LogP contribution in [0.25, 0.3) is 0 Å². The van der Waals surface area contributed by atoms with Gasteiger partial charge < -0.3 is 15.5 Å². The van der Waals surface area contributed by atoms with Gasteiger partial charge in [0, 0.05) is 35.8 Å². The van der Waals surface area contributed by atoms with Gasteiger partial charge in [-0.05, 0) is 55.2 Å². The van der Waals surface area contributed by atoms with Gasteiger partial charge in [-0.2, -0.15) is 0 Å². The second kappa shape index (κ2) is 9.16. The average molecular weight is 451 g/mol. The number of carbonyl (C=O) groups excluding carboxylic acids is 2. The van der Waals surface area contributed by atoms with E-state index < -0.39 is 6.04 Å². The molecule has 1 unspecified atom stereocenters. The molecule has 5 rings (SSSR count). The van der Waals surface area contributed by atoms with E-state index in [-0.39, 0.29) is 11.8 Å². The molecule has 168 valence electrons. The number of nitrogens with zero attached hydrogens (tertiary/aromatic N) is 2. The molecule has 1 aromatic heterocycles. The first-order valence-corrected chi connectivity index (χ1v) is 12.5. The van der Waals surface area contributed by atoms with E-state index in [0.29, 0.717) is 24.9 Å². The number of allylic oxidation sites excluding steroid dienone is 1. The number of hydrogen-bond acceptors (Lipinski definition) is 5. The molecule has 7 heteroatoms. The lowest BCUT2D eigenvalue weighted by Gasteiger charge is -2.32. The summed E-state index contributed by atoms with van der Waals surface area (Å²) in [6.45, 7) is 5.19. The van der Waals surface area contributed by atoms with Crippen molar-refractivity contribution in [2.75, 3.05) is 0 Å². The Morgan fingerprint density at radius 3 is 2.91 bits per heavy atom. The van der Waals surface area contributed by atoms with Gasteiger partial charge in [0.25, 0.3) is 5.91 Å². The molecule has 1 aromatic carbocycles. The molecule has 3 atom stereocenters. The quantitative estimate of drug-likeness (QED) is 0.702. The van der Waals surface area contributed by atoms with Gasteiger partial charge in [0.2, 0.25) is 5.91 Å². The number of nitrogens with one attached hydrogen (secondary N) is 2. The molecule has 2 N–H and O–H groups in total. The minimum atomic E-state index is -0.401. The van der Waals surface area contributed by atoms with Gasteiger partial charge in [-0.15, -0.1) is 11.3 Å². The fourth-order valence-electron chi connectivity index (χ4n) is 5.42. The lowest BCUT2D eigenvalue weighted by Crippen LogP contribution is -2.49. The zero-order valence-electron chi connectivity index (χ0n) is 18.3. The number of aromatic nitrogens is 1. The van der Waals surface area contributed by atoms with Crippen LogP contribution < -0.4 is 10.6 Å². The predicted molar refractivity (Wildman–Crippen MR) is 125 cm³/mol. The van der Waals surface area contributed by atoms with E-state index in [2.05, 4.69) is 39.7 Å². The zero-order valence-corrected chi connectivity index (χ0v) is 19.1. The number of amides is 2. The van der Waals surface area contributed by atoms with Crippen molar-refractivity contribution in [2.45, 2.75) is 70.1 Å². The highest BCUT2D eigenvalue weighted by Crippen LogP contribution is 2.32. The fraction of sp³-hybridized carbons (Fsp3) is 0.480. The lowest BCUT2D eigenvalue weighted by molar-refractivity contribution is -0.126. The molecule has 2 aromatic rings. The molecule has 0 radical (unpaired) electrons. The maximum absolute atomic E-state index is 13.0. The van der Waals surface area contributed by atoms with Gasteiger partial charge >= 0.3 is 0 Å². The molecule has 0 bridgehead atoms. The van der Waals surface area contributed by atoms with Crippen LogP contribution in [0.2, 0.25) is 0 Å². The van der Waals surface area contributed by atoms with Gasteiger partial charge in [0.1, 0.15) is 6.04 Å². The third-order valence-corrected chi connectivity index (χ3v) is 7.77. The van der Waals surface area contributed by atoms with Crippen LogP contribution in [-0.4, -0.2) is 33.8 Å². The van der Waals surface area contributed by atoms with E-state index in [1.807, 2.05) is 11.6 Å². The summed E-state index contributed by atoms with van der Waals surface area (Å²) in [5.74, 6) is 0.447. The summed E-state index contributed by atoms with van der Waals surface area (Å²) in [4.78, 5) is 31.5. The van der Waals surface area contributed by atoms with Crippen molar-refractivity contribution in [1.29, 1.82) is 0 Å². The van der Waals surface area contributed by atoms with E-state index in [0.717, 1.165) is 41.9 Å². The molecular formula is C25H30N4O2S. The number of piperidine rings is 1. The van der Waals surface area contributed by atoms with Gasteiger partial charge in [-0.1, -0.05) is 31.6 Å². The Kier molecular flexibility index (Phi) is 6.11. The van der Waals surface area contributed by atoms with Crippen LogP contribution in [0.4, 0.5) is 0 Å². The van der Waals surface area contributed by atoms with Crippen molar-refractivity contribution in [1.82, 2.24) is 20.5 Å². The maximum Gasteiger partial charge on any atom is 0.255 e. The summed E-state index contributed by atoms with van der Waals surface area (Å²) in [5.41, 5.74) is 6.82. The maximum atomic E-state index is 13.0. The van der Waals surface area contributed by atoms with Crippen LogP contribution in [0.3, 0.4) is 0 Å².